The number of hydrogen-bond acceptors (Lipinski definition) is 2. The second-order valence-electron chi connectivity index (χ2n) is 4.27. The second-order valence-corrected chi connectivity index (χ2v) is 6.67. The van der Waals surface area contributed by atoms with E-state index in [2.05, 4.69) is 43.3 Å². The summed E-state index contributed by atoms with van der Waals surface area (Å²) in [5.74, 6) is 0. The molecule has 2 rings (SSSR count). The molecule has 2 aromatic carbocycles. The van der Waals surface area contributed by atoms with E-state index in [9.17, 15) is 0 Å². The van der Waals surface area contributed by atoms with Crippen molar-refractivity contribution in [2.45, 2.75) is 6.92 Å². The van der Waals surface area contributed by atoms with Crippen molar-refractivity contribution in [1.29, 1.82) is 10.5 Å². The van der Waals surface area contributed by atoms with Crippen LogP contribution in [0.2, 0.25) is 0 Å². The number of allylic oxidation sites excluding steroid dienone is 1. The number of rotatable bonds is 3. The Labute approximate surface area is 125 Å². The van der Waals surface area contributed by atoms with Gasteiger partial charge < -0.3 is 0 Å². The van der Waals surface area contributed by atoms with Gasteiger partial charge in [0.1, 0.15) is 0 Å². The number of benzene rings is 2. The first-order chi connectivity index (χ1) is 9.71. The summed E-state index contributed by atoms with van der Waals surface area (Å²) < 4.78 is 2.61. The molecule has 0 saturated carbocycles. The molecule has 0 aliphatic rings. The average Bonchev–Trinajstić information content (AvgIpc) is 2.49. The Bertz CT molecular complexity index is 683. The monoisotopic (exact) mass is 324 g/mol. The van der Waals surface area contributed by atoms with E-state index >= 15 is 0 Å². The fraction of sp³-hybridized carbons (Fsp3) is 0.0588. The van der Waals surface area contributed by atoms with Crippen molar-refractivity contribution in [2.75, 3.05) is 0 Å². The fourth-order valence-electron chi connectivity index (χ4n) is 1.63. The van der Waals surface area contributed by atoms with Crippen molar-refractivity contribution in [3.63, 3.8) is 0 Å². The van der Waals surface area contributed by atoms with E-state index in [1.807, 2.05) is 24.3 Å². The number of nitrogens with zero attached hydrogens (tertiary/aromatic N) is 2. The second kappa shape index (κ2) is 6.73. The topological polar surface area (TPSA) is 47.6 Å². The van der Waals surface area contributed by atoms with Crippen LogP contribution in [0.5, 0.6) is 0 Å². The molecule has 0 N–H and O–H groups in total. The van der Waals surface area contributed by atoms with Crippen LogP contribution < -0.4 is 8.92 Å². The zero-order valence-corrected chi connectivity index (χ0v) is 12.7. The molecular weight excluding hydrogens is 311 g/mol. The summed E-state index contributed by atoms with van der Waals surface area (Å²) in [7, 11) is 0. The Morgan fingerprint density at radius 2 is 1.40 bits per heavy atom. The molecule has 0 spiro atoms. The van der Waals surface area contributed by atoms with Gasteiger partial charge in [-0.05, 0) is 0 Å². The molecule has 0 amide bonds. The minimum absolute atomic E-state index is 0.127. The van der Waals surface area contributed by atoms with E-state index in [1.165, 1.54) is 14.5 Å². The summed E-state index contributed by atoms with van der Waals surface area (Å²) >= 11 is 0.281. The summed E-state index contributed by atoms with van der Waals surface area (Å²) in [4.78, 5) is 0. The molecule has 0 saturated heterocycles. The van der Waals surface area contributed by atoms with Crippen LogP contribution in [0.15, 0.2) is 54.1 Å². The van der Waals surface area contributed by atoms with E-state index in [0.29, 0.717) is 0 Å². The Kier molecular flexibility index (Phi) is 4.75. The van der Waals surface area contributed by atoms with Crippen LogP contribution in [0.3, 0.4) is 0 Å². The van der Waals surface area contributed by atoms with Crippen LogP contribution in [-0.2, 0) is 0 Å². The van der Waals surface area contributed by atoms with Crippen molar-refractivity contribution in [3.05, 3.63) is 65.2 Å². The SMILES string of the molecule is Cc1ccc([Se]c2ccc(C=C(C#N)C#N)cc2)cc1. The zero-order valence-electron chi connectivity index (χ0n) is 11.0. The fourth-order valence-corrected chi connectivity index (χ4v) is 3.34. The molecule has 2 aromatic rings. The molecule has 0 aliphatic carbocycles. The molecule has 20 heavy (non-hydrogen) atoms. The van der Waals surface area contributed by atoms with Crippen LogP contribution in [0, 0.1) is 29.6 Å². The summed E-state index contributed by atoms with van der Waals surface area (Å²) in [6.07, 6.45) is 1.60. The molecule has 2 nitrogen and oxygen atoms in total. The average molecular weight is 323 g/mol. The van der Waals surface area contributed by atoms with Crippen LogP contribution in [0.25, 0.3) is 6.08 Å². The van der Waals surface area contributed by atoms with E-state index < -0.39 is 0 Å². The minimum atomic E-state index is 0.127. The predicted octanol–water partition coefficient (Wildman–Crippen LogP) is 2.08. The Hall–Kier alpha value is -2.32. The summed E-state index contributed by atoms with van der Waals surface area (Å²) in [6, 6.07) is 20.3. The Balaban J connectivity index is 2.13. The molecule has 0 atom stereocenters. The third-order valence-electron chi connectivity index (χ3n) is 2.69. The predicted molar refractivity (Wildman–Crippen MR) is 81.8 cm³/mol. The van der Waals surface area contributed by atoms with Gasteiger partial charge in [0.05, 0.1) is 0 Å². The first kappa shape index (κ1) is 14.1. The van der Waals surface area contributed by atoms with Crippen molar-refractivity contribution in [2.24, 2.45) is 0 Å². The van der Waals surface area contributed by atoms with Gasteiger partial charge in [0.25, 0.3) is 0 Å². The van der Waals surface area contributed by atoms with Gasteiger partial charge in [-0.15, -0.1) is 0 Å². The van der Waals surface area contributed by atoms with Crippen molar-refractivity contribution >= 4 is 30.0 Å². The quantitative estimate of drug-likeness (QED) is 0.641. The first-order valence-corrected chi connectivity index (χ1v) is 7.79. The number of hydrogen-bond donors (Lipinski definition) is 0. The van der Waals surface area contributed by atoms with Gasteiger partial charge in [-0.3, -0.25) is 0 Å². The van der Waals surface area contributed by atoms with Crippen LogP contribution in [0.4, 0.5) is 0 Å². The van der Waals surface area contributed by atoms with E-state index in [0.717, 1.165) is 5.56 Å². The van der Waals surface area contributed by atoms with E-state index in [1.54, 1.807) is 6.08 Å². The van der Waals surface area contributed by atoms with Gasteiger partial charge in [-0.2, -0.15) is 0 Å². The van der Waals surface area contributed by atoms with E-state index in [4.69, 9.17) is 10.5 Å². The van der Waals surface area contributed by atoms with Crippen LogP contribution >= 0.6 is 0 Å². The Morgan fingerprint density at radius 3 is 1.90 bits per heavy atom. The molecule has 3 heteroatoms. The third kappa shape index (κ3) is 3.84. The van der Waals surface area contributed by atoms with Crippen LogP contribution in [-0.4, -0.2) is 15.0 Å². The third-order valence-corrected chi connectivity index (χ3v) is 4.82. The van der Waals surface area contributed by atoms with E-state index in [-0.39, 0.29) is 20.5 Å². The first-order valence-electron chi connectivity index (χ1n) is 6.08. The van der Waals surface area contributed by atoms with Crippen molar-refractivity contribution < 1.29 is 0 Å². The number of aryl methyl sites for hydroxylation is 1. The molecule has 0 aliphatic heterocycles. The standard InChI is InChI=1S/C17H12N2Se/c1-13-2-6-16(7-3-13)20-17-8-4-14(5-9-17)10-15(11-18)12-19/h2-10H,1H3. The van der Waals surface area contributed by atoms with Gasteiger partial charge in [0.15, 0.2) is 0 Å². The zero-order chi connectivity index (χ0) is 14.4. The molecule has 0 fully saturated rings. The molecule has 0 aromatic heterocycles. The van der Waals surface area contributed by atoms with Gasteiger partial charge in [0.2, 0.25) is 0 Å². The van der Waals surface area contributed by atoms with Crippen molar-refractivity contribution in [1.82, 2.24) is 0 Å². The summed E-state index contributed by atoms with van der Waals surface area (Å²) in [5, 5.41) is 17.4. The maximum atomic E-state index is 8.72. The normalized spacial score (nSPS) is 9.35. The van der Waals surface area contributed by atoms with Gasteiger partial charge in [-0.1, -0.05) is 0 Å². The van der Waals surface area contributed by atoms with Crippen molar-refractivity contribution in [3.8, 4) is 12.1 Å². The molecule has 0 unspecified atom stereocenters. The number of nitriles is 2. The molecule has 0 heterocycles. The molecule has 0 bridgehead atoms. The maximum absolute atomic E-state index is 8.72. The van der Waals surface area contributed by atoms with Crippen LogP contribution in [0.1, 0.15) is 11.1 Å². The van der Waals surface area contributed by atoms with Gasteiger partial charge in [-0.25, -0.2) is 0 Å². The molecule has 96 valence electrons. The van der Waals surface area contributed by atoms with Gasteiger partial charge >= 0.3 is 125 Å². The molecule has 0 radical (unpaired) electrons. The molecular formula is C17H12N2Se. The van der Waals surface area contributed by atoms with Gasteiger partial charge in [0, 0.05) is 0 Å². The summed E-state index contributed by atoms with van der Waals surface area (Å²) in [5.41, 5.74) is 2.28. The summed E-state index contributed by atoms with van der Waals surface area (Å²) in [6.45, 7) is 2.08. The Morgan fingerprint density at radius 1 is 0.900 bits per heavy atom.